The summed E-state index contributed by atoms with van der Waals surface area (Å²) in [7, 11) is 0. The Morgan fingerprint density at radius 2 is 2.21 bits per heavy atom. The van der Waals surface area contributed by atoms with Gasteiger partial charge in [-0.25, -0.2) is 0 Å². The number of rotatable bonds is 0. The molecule has 4 aliphatic rings. The Kier molecular flexibility index (Phi) is 1.37. The molecule has 1 spiro atoms. The van der Waals surface area contributed by atoms with Gasteiger partial charge in [-0.2, -0.15) is 0 Å². The lowest BCUT2D eigenvalue weighted by molar-refractivity contribution is 0.0534. The first kappa shape index (κ1) is 8.12. The van der Waals surface area contributed by atoms with Crippen LogP contribution in [-0.2, 0) is 4.74 Å². The van der Waals surface area contributed by atoms with Crippen molar-refractivity contribution in [2.24, 2.45) is 11.3 Å². The van der Waals surface area contributed by atoms with Crippen molar-refractivity contribution in [1.82, 2.24) is 5.32 Å². The van der Waals surface area contributed by atoms with E-state index in [9.17, 15) is 0 Å². The Labute approximate surface area is 85.4 Å². The smallest absolute Gasteiger partial charge is 0.0655 e. The quantitative estimate of drug-likeness (QED) is 0.632. The van der Waals surface area contributed by atoms with Crippen molar-refractivity contribution in [3.05, 3.63) is 0 Å². The second kappa shape index (κ2) is 2.35. The summed E-state index contributed by atoms with van der Waals surface area (Å²) in [5.41, 5.74) is 0.572. The van der Waals surface area contributed by atoms with E-state index in [0.29, 0.717) is 23.7 Å². The normalized spacial score (nSPS) is 64.5. The van der Waals surface area contributed by atoms with Crippen LogP contribution in [0.15, 0.2) is 0 Å². The molecule has 6 unspecified atom stereocenters. The average molecular weight is 193 g/mol. The molecule has 0 aromatic heterocycles. The van der Waals surface area contributed by atoms with Crippen LogP contribution in [-0.4, -0.2) is 24.3 Å². The molecule has 2 nitrogen and oxygen atoms in total. The third-order valence-corrected chi connectivity index (χ3v) is 5.43. The minimum Gasteiger partial charge on any atom is -0.374 e. The molecule has 0 aromatic rings. The molecule has 2 bridgehead atoms. The van der Waals surface area contributed by atoms with Crippen molar-refractivity contribution in [3.8, 4) is 0 Å². The molecule has 14 heavy (non-hydrogen) atoms. The number of hydrogen-bond donors (Lipinski definition) is 1. The van der Waals surface area contributed by atoms with E-state index in [1.54, 1.807) is 0 Å². The van der Waals surface area contributed by atoms with Crippen LogP contribution in [0.5, 0.6) is 0 Å². The highest BCUT2D eigenvalue weighted by atomic mass is 16.5. The summed E-state index contributed by atoms with van der Waals surface area (Å²) in [6, 6.07) is 1.49. The van der Waals surface area contributed by atoms with E-state index in [4.69, 9.17) is 4.74 Å². The second-order valence-corrected chi connectivity index (χ2v) is 5.78. The predicted octanol–water partition coefficient (Wildman–Crippen LogP) is 1.69. The maximum Gasteiger partial charge on any atom is 0.0655 e. The lowest BCUT2D eigenvalue weighted by Crippen LogP contribution is -2.42. The number of ether oxygens (including phenoxy) is 1. The van der Waals surface area contributed by atoms with E-state index in [1.807, 2.05) is 0 Å². The van der Waals surface area contributed by atoms with Crippen LogP contribution in [0.4, 0.5) is 0 Å². The first-order chi connectivity index (χ1) is 6.82. The molecular weight excluding hydrogens is 174 g/mol. The van der Waals surface area contributed by atoms with E-state index in [-0.39, 0.29) is 0 Å². The van der Waals surface area contributed by atoms with Crippen molar-refractivity contribution >= 4 is 0 Å². The van der Waals surface area contributed by atoms with Crippen LogP contribution in [0.25, 0.3) is 0 Å². The zero-order valence-corrected chi connectivity index (χ0v) is 8.83. The summed E-state index contributed by atoms with van der Waals surface area (Å²) in [5.74, 6) is 0.841. The van der Waals surface area contributed by atoms with Gasteiger partial charge in [-0.05, 0) is 32.6 Å². The zero-order valence-electron chi connectivity index (χ0n) is 8.83. The van der Waals surface area contributed by atoms with Crippen molar-refractivity contribution in [1.29, 1.82) is 0 Å². The van der Waals surface area contributed by atoms with Gasteiger partial charge in [-0.1, -0.05) is 6.42 Å². The lowest BCUT2D eigenvalue weighted by atomic mass is 9.64. The summed E-state index contributed by atoms with van der Waals surface area (Å²) in [6.45, 7) is 2.37. The van der Waals surface area contributed by atoms with E-state index in [2.05, 4.69) is 12.2 Å². The van der Waals surface area contributed by atoms with E-state index < -0.39 is 0 Å². The van der Waals surface area contributed by atoms with Crippen molar-refractivity contribution in [3.63, 3.8) is 0 Å². The van der Waals surface area contributed by atoms with Crippen LogP contribution in [0.3, 0.4) is 0 Å². The minimum atomic E-state index is 0.572. The summed E-state index contributed by atoms with van der Waals surface area (Å²) in [5, 5.41) is 3.83. The fraction of sp³-hybridized carbons (Fsp3) is 1.00. The first-order valence-electron chi connectivity index (χ1n) is 6.24. The van der Waals surface area contributed by atoms with Gasteiger partial charge in [-0.3, -0.25) is 0 Å². The van der Waals surface area contributed by atoms with Crippen molar-refractivity contribution < 1.29 is 4.74 Å². The van der Waals surface area contributed by atoms with E-state index in [0.717, 1.165) is 12.0 Å². The third-order valence-electron chi connectivity index (χ3n) is 5.43. The molecule has 4 fully saturated rings. The molecule has 6 atom stereocenters. The molecular formula is C12H19NO. The highest BCUT2D eigenvalue weighted by Gasteiger charge is 2.68. The molecule has 1 aliphatic carbocycles. The molecule has 1 N–H and O–H groups in total. The lowest BCUT2D eigenvalue weighted by Gasteiger charge is -2.36. The van der Waals surface area contributed by atoms with Crippen LogP contribution >= 0.6 is 0 Å². The molecule has 78 valence electrons. The number of nitrogens with one attached hydrogen (secondary N) is 1. The molecule has 4 rings (SSSR count). The van der Waals surface area contributed by atoms with Gasteiger partial charge in [0.25, 0.3) is 0 Å². The number of fused-ring (bicyclic) bond motifs is 3. The average Bonchev–Trinajstić information content (AvgIpc) is 2.80. The summed E-state index contributed by atoms with van der Waals surface area (Å²) >= 11 is 0. The van der Waals surface area contributed by atoms with Gasteiger partial charge in [0, 0.05) is 23.4 Å². The Hall–Kier alpha value is -0.0800. The van der Waals surface area contributed by atoms with E-state index >= 15 is 0 Å². The molecule has 2 heteroatoms. The van der Waals surface area contributed by atoms with E-state index in [1.165, 1.54) is 32.1 Å². The largest absolute Gasteiger partial charge is 0.374 e. The van der Waals surface area contributed by atoms with Gasteiger partial charge < -0.3 is 10.1 Å². The third kappa shape index (κ3) is 0.674. The molecule has 1 saturated carbocycles. The maximum absolute atomic E-state index is 6.17. The van der Waals surface area contributed by atoms with Gasteiger partial charge in [0.15, 0.2) is 0 Å². The SMILES string of the molecule is CC1NC2CCCC23C2CCC(O2)C13. The highest BCUT2D eigenvalue weighted by Crippen LogP contribution is 2.63. The van der Waals surface area contributed by atoms with Gasteiger partial charge in [-0.15, -0.1) is 0 Å². The Morgan fingerprint density at radius 3 is 3.14 bits per heavy atom. The Bertz CT molecular complexity index is 273. The summed E-state index contributed by atoms with van der Waals surface area (Å²) in [4.78, 5) is 0. The highest BCUT2D eigenvalue weighted by molar-refractivity contribution is 5.20. The van der Waals surface area contributed by atoms with Crippen molar-refractivity contribution in [2.75, 3.05) is 0 Å². The minimum absolute atomic E-state index is 0.572. The van der Waals surface area contributed by atoms with Gasteiger partial charge >= 0.3 is 0 Å². The fourth-order valence-electron chi connectivity index (χ4n) is 5.17. The maximum atomic E-state index is 6.17. The van der Waals surface area contributed by atoms with Crippen LogP contribution in [0.1, 0.15) is 39.0 Å². The first-order valence-corrected chi connectivity index (χ1v) is 6.24. The Balaban J connectivity index is 1.83. The molecule has 0 aromatic carbocycles. The monoisotopic (exact) mass is 193 g/mol. The van der Waals surface area contributed by atoms with Crippen LogP contribution < -0.4 is 5.32 Å². The Morgan fingerprint density at radius 1 is 1.29 bits per heavy atom. The predicted molar refractivity (Wildman–Crippen MR) is 54.1 cm³/mol. The van der Waals surface area contributed by atoms with Crippen LogP contribution in [0.2, 0.25) is 0 Å². The molecule has 0 radical (unpaired) electrons. The molecule has 3 aliphatic heterocycles. The molecule has 3 saturated heterocycles. The standard InChI is InChI=1S/C12H19NO/c1-7-11-8-4-5-10(14-8)12(11)6-2-3-9(12)13-7/h7-11,13H,2-6H2,1H3. The van der Waals surface area contributed by atoms with Gasteiger partial charge in [0.2, 0.25) is 0 Å². The van der Waals surface area contributed by atoms with Gasteiger partial charge in [0.05, 0.1) is 12.2 Å². The van der Waals surface area contributed by atoms with Gasteiger partial charge in [0.1, 0.15) is 0 Å². The summed E-state index contributed by atoms with van der Waals surface area (Å²) < 4.78 is 6.17. The zero-order chi connectivity index (χ0) is 9.34. The molecule has 3 heterocycles. The fourth-order valence-corrected chi connectivity index (χ4v) is 5.17. The topological polar surface area (TPSA) is 21.3 Å². The van der Waals surface area contributed by atoms with Crippen molar-refractivity contribution in [2.45, 2.75) is 63.3 Å². The second-order valence-electron chi connectivity index (χ2n) is 5.78. The van der Waals surface area contributed by atoms with Crippen LogP contribution in [0, 0.1) is 11.3 Å². The molecule has 0 amide bonds. The number of hydrogen-bond acceptors (Lipinski definition) is 2. The summed E-state index contributed by atoms with van der Waals surface area (Å²) in [6.07, 6.45) is 8.14.